The lowest BCUT2D eigenvalue weighted by Gasteiger charge is -2.40. The van der Waals surface area contributed by atoms with Crippen LogP contribution >= 0.6 is 0 Å². The molecule has 1 unspecified atom stereocenters. The zero-order chi connectivity index (χ0) is 16.1. The number of carbonyl (C=O) groups is 2. The Bertz CT molecular complexity index is 479. The summed E-state index contributed by atoms with van der Waals surface area (Å²) in [5, 5.41) is 6.41. The van der Waals surface area contributed by atoms with Crippen molar-refractivity contribution in [1.29, 1.82) is 0 Å². The molecule has 2 heterocycles. The third-order valence-corrected chi connectivity index (χ3v) is 4.00. The van der Waals surface area contributed by atoms with E-state index in [9.17, 15) is 9.59 Å². The van der Waals surface area contributed by atoms with Crippen LogP contribution in [0.2, 0.25) is 0 Å². The zero-order valence-electron chi connectivity index (χ0n) is 13.3. The van der Waals surface area contributed by atoms with Gasteiger partial charge in [0.1, 0.15) is 11.9 Å². The number of hydrogen-bond acceptors (Lipinski definition) is 4. The van der Waals surface area contributed by atoms with E-state index in [-0.39, 0.29) is 18.1 Å². The van der Waals surface area contributed by atoms with E-state index < -0.39 is 5.91 Å². The lowest BCUT2D eigenvalue weighted by molar-refractivity contribution is -0.137. The van der Waals surface area contributed by atoms with Gasteiger partial charge in [0.25, 0.3) is 5.91 Å². The highest BCUT2D eigenvalue weighted by Gasteiger charge is 2.32. The molecule has 0 aromatic rings. The average molecular weight is 306 g/mol. The second-order valence-corrected chi connectivity index (χ2v) is 6.30. The number of amides is 2. The van der Waals surface area contributed by atoms with Crippen LogP contribution < -0.4 is 16.4 Å². The molecular formula is C16H26N4O2. The fourth-order valence-electron chi connectivity index (χ4n) is 2.95. The van der Waals surface area contributed by atoms with Crippen LogP contribution in [0.5, 0.6) is 0 Å². The van der Waals surface area contributed by atoms with E-state index in [4.69, 9.17) is 5.73 Å². The van der Waals surface area contributed by atoms with E-state index in [0.717, 1.165) is 25.9 Å². The number of nitrogens with zero attached hydrogens (tertiary/aromatic N) is 1. The quantitative estimate of drug-likeness (QED) is 0.689. The molecular weight excluding hydrogens is 280 g/mol. The maximum Gasteiger partial charge on any atom is 0.264 e. The Balaban J connectivity index is 2.16. The highest BCUT2D eigenvalue weighted by molar-refractivity contribution is 5.92. The first-order valence-corrected chi connectivity index (χ1v) is 7.95. The number of piperidine rings is 1. The number of allylic oxidation sites excluding steroid dienone is 2. The summed E-state index contributed by atoms with van der Waals surface area (Å²) in [4.78, 5) is 26.0. The Morgan fingerprint density at radius 1 is 1.36 bits per heavy atom. The molecule has 0 bridgehead atoms. The Labute approximate surface area is 131 Å². The van der Waals surface area contributed by atoms with Gasteiger partial charge in [-0.15, -0.1) is 0 Å². The van der Waals surface area contributed by atoms with Crippen molar-refractivity contribution in [1.82, 2.24) is 15.5 Å². The topological polar surface area (TPSA) is 87.5 Å². The van der Waals surface area contributed by atoms with Gasteiger partial charge in [-0.2, -0.15) is 0 Å². The van der Waals surface area contributed by atoms with Gasteiger partial charge in [0.15, 0.2) is 0 Å². The molecule has 0 radical (unpaired) electrons. The number of carbonyl (C=O) groups excluding carboxylic acids is 2. The number of hydrogen-bond donors (Lipinski definition) is 3. The monoisotopic (exact) mass is 306 g/mol. The molecule has 0 aliphatic carbocycles. The van der Waals surface area contributed by atoms with Crippen LogP contribution in [0.1, 0.15) is 33.1 Å². The Morgan fingerprint density at radius 3 is 2.64 bits per heavy atom. The van der Waals surface area contributed by atoms with E-state index in [0.29, 0.717) is 18.0 Å². The summed E-state index contributed by atoms with van der Waals surface area (Å²) < 4.78 is 0. The Morgan fingerprint density at radius 2 is 2.05 bits per heavy atom. The Kier molecular flexibility index (Phi) is 5.60. The van der Waals surface area contributed by atoms with Crippen molar-refractivity contribution in [2.45, 2.75) is 45.3 Å². The standard InChI is InChI=1S/C16H26N4O2/c1-11(2)10-15(21)20(12-6-8-18-9-7-12)14-5-3-4-13(19-14)16(17)22/h3-5,11-12,14,18-19H,6-10H2,1-2H3,(H2,17,22). The summed E-state index contributed by atoms with van der Waals surface area (Å²) in [6.45, 7) is 5.89. The molecule has 22 heavy (non-hydrogen) atoms. The minimum absolute atomic E-state index is 0.120. The van der Waals surface area contributed by atoms with Gasteiger partial charge in [-0.3, -0.25) is 9.59 Å². The van der Waals surface area contributed by atoms with Crippen LogP contribution in [0.3, 0.4) is 0 Å². The van der Waals surface area contributed by atoms with Crippen molar-refractivity contribution < 1.29 is 9.59 Å². The summed E-state index contributed by atoms with van der Waals surface area (Å²) in [6.07, 6.45) is 7.39. The smallest absolute Gasteiger partial charge is 0.264 e. The zero-order valence-corrected chi connectivity index (χ0v) is 13.3. The van der Waals surface area contributed by atoms with Gasteiger partial charge < -0.3 is 21.3 Å². The lowest BCUT2D eigenvalue weighted by Crippen LogP contribution is -2.56. The maximum absolute atomic E-state index is 12.7. The van der Waals surface area contributed by atoms with E-state index in [1.165, 1.54) is 0 Å². The first-order valence-electron chi connectivity index (χ1n) is 7.95. The predicted molar refractivity (Wildman–Crippen MR) is 85.5 cm³/mol. The van der Waals surface area contributed by atoms with Crippen molar-refractivity contribution in [3.63, 3.8) is 0 Å². The van der Waals surface area contributed by atoms with Crippen molar-refractivity contribution >= 4 is 11.8 Å². The van der Waals surface area contributed by atoms with Crippen molar-refractivity contribution in [3.8, 4) is 0 Å². The minimum atomic E-state index is -0.504. The molecule has 1 saturated heterocycles. The molecule has 4 N–H and O–H groups in total. The maximum atomic E-state index is 12.7. The SMILES string of the molecule is CC(C)CC(=O)N(C1CCNCC1)C1C=CC=C(C(N)=O)N1. The molecule has 0 spiro atoms. The largest absolute Gasteiger partial charge is 0.364 e. The summed E-state index contributed by atoms with van der Waals surface area (Å²) >= 11 is 0. The van der Waals surface area contributed by atoms with Crippen LogP contribution in [0.25, 0.3) is 0 Å². The van der Waals surface area contributed by atoms with E-state index in [1.54, 1.807) is 12.2 Å². The van der Waals surface area contributed by atoms with Crippen LogP contribution in [-0.4, -0.2) is 42.0 Å². The highest BCUT2D eigenvalue weighted by atomic mass is 16.2. The first kappa shape index (κ1) is 16.5. The number of primary amides is 1. The van der Waals surface area contributed by atoms with Gasteiger partial charge in [-0.1, -0.05) is 19.9 Å². The molecule has 2 amide bonds. The summed E-state index contributed by atoms with van der Waals surface area (Å²) in [7, 11) is 0. The van der Waals surface area contributed by atoms with Gasteiger partial charge in [0.2, 0.25) is 5.91 Å². The van der Waals surface area contributed by atoms with Crippen LogP contribution in [0.4, 0.5) is 0 Å². The third kappa shape index (κ3) is 4.10. The first-order chi connectivity index (χ1) is 10.5. The fraction of sp³-hybridized carbons (Fsp3) is 0.625. The fourth-order valence-corrected chi connectivity index (χ4v) is 2.95. The third-order valence-electron chi connectivity index (χ3n) is 4.00. The normalized spacial score (nSPS) is 22.1. The molecule has 2 aliphatic heterocycles. The van der Waals surface area contributed by atoms with Crippen LogP contribution in [-0.2, 0) is 9.59 Å². The molecule has 2 rings (SSSR count). The lowest BCUT2D eigenvalue weighted by atomic mass is 10.0. The second kappa shape index (κ2) is 7.45. The van der Waals surface area contributed by atoms with Crippen molar-refractivity contribution in [3.05, 3.63) is 23.9 Å². The summed E-state index contributed by atoms with van der Waals surface area (Å²) in [6, 6.07) is 0.182. The van der Waals surface area contributed by atoms with Gasteiger partial charge >= 0.3 is 0 Å². The van der Waals surface area contributed by atoms with Crippen LogP contribution in [0.15, 0.2) is 23.9 Å². The molecule has 122 valence electrons. The number of dihydropyridines is 1. The van der Waals surface area contributed by atoms with E-state index in [1.807, 2.05) is 24.8 Å². The van der Waals surface area contributed by atoms with E-state index >= 15 is 0 Å². The molecule has 6 heteroatoms. The predicted octanol–water partition coefficient (Wildman–Crippen LogP) is 0.468. The second-order valence-electron chi connectivity index (χ2n) is 6.30. The van der Waals surface area contributed by atoms with Gasteiger partial charge in [-0.05, 0) is 44.0 Å². The summed E-state index contributed by atoms with van der Waals surface area (Å²) in [5.41, 5.74) is 5.70. The molecule has 1 fully saturated rings. The molecule has 0 saturated carbocycles. The van der Waals surface area contributed by atoms with Crippen molar-refractivity contribution in [2.24, 2.45) is 11.7 Å². The molecule has 6 nitrogen and oxygen atoms in total. The molecule has 0 aromatic carbocycles. The van der Waals surface area contributed by atoms with E-state index in [2.05, 4.69) is 10.6 Å². The van der Waals surface area contributed by atoms with Gasteiger partial charge in [-0.25, -0.2) is 0 Å². The van der Waals surface area contributed by atoms with Crippen LogP contribution in [0, 0.1) is 5.92 Å². The molecule has 2 aliphatic rings. The highest BCUT2D eigenvalue weighted by Crippen LogP contribution is 2.20. The average Bonchev–Trinajstić information content (AvgIpc) is 2.48. The van der Waals surface area contributed by atoms with Gasteiger partial charge in [0.05, 0.1) is 0 Å². The number of nitrogens with two attached hydrogens (primary N) is 1. The van der Waals surface area contributed by atoms with Crippen molar-refractivity contribution in [2.75, 3.05) is 13.1 Å². The number of rotatable bonds is 5. The summed E-state index contributed by atoms with van der Waals surface area (Å²) in [5.74, 6) is -0.0823. The minimum Gasteiger partial charge on any atom is -0.364 e. The van der Waals surface area contributed by atoms with Gasteiger partial charge in [0, 0.05) is 12.5 Å². The Hall–Kier alpha value is -1.82. The molecule has 0 aromatic heterocycles. The molecule has 1 atom stereocenters. The number of nitrogens with one attached hydrogen (secondary N) is 2.